The van der Waals surface area contributed by atoms with Gasteiger partial charge >= 0.3 is 0 Å². The number of ether oxygens (including phenoxy) is 2. The first-order chi connectivity index (χ1) is 11.7. The standard InChI is InChI=1S/C21H29FO2/c1-16-19(23-14-5-10-17-8-4-9-17)11-12-20(21(16)22)24-15-13-18-6-2-3-7-18/h5,10-12,17-18H,2-4,6-9,13-15H2,1H3/b10-5+. The van der Waals surface area contributed by atoms with Crippen LogP contribution in [0.25, 0.3) is 0 Å². The lowest BCUT2D eigenvalue weighted by atomic mass is 9.85. The van der Waals surface area contributed by atoms with E-state index in [1.165, 1.54) is 44.9 Å². The van der Waals surface area contributed by atoms with Gasteiger partial charge in [0.15, 0.2) is 11.6 Å². The van der Waals surface area contributed by atoms with Crippen LogP contribution in [0.15, 0.2) is 24.3 Å². The first-order valence-electron chi connectivity index (χ1n) is 9.45. The molecule has 2 aliphatic rings. The number of benzene rings is 1. The van der Waals surface area contributed by atoms with Gasteiger partial charge in [-0.25, -0.2) is 4.39 Å². The highest BCUT2D eigenvalue weighted by Gasteiger charge is 2.16. The van der Waals surface area contributed by atoms with Gasteiger partial charge in [-0.05, 0) is 50.2 Å². The zero-order valence-electron chi connectivity index (χ0n) is 14.7. The zero-order valence-corrected chi connectivity index (χ0v) is 14.7. The summed E-state index contributed by atoms with van der Waals surface area (Å²) in [5, 5.41) is 0. The fourth-order valence-corrected chi connectivity index (χ4v) is 3.56. The molecule has 1 aromatic carbocycles. The van der Waals surface area contributed by atoms with Crippen molar-refractivity contribution in [3.8, 4) is 11.5 Å². The molecule has 2 nitrogen and oxygen atoms in total. The normalized spacial score (nSPS) is 18.9. The SMILES string of the molecule is Cc1c(OC/C=C/C2CCC2)ccc(OCCC2CCCC2)c1F. The first-order valence-corrected chi connectivity index (χ1v) is 9.45. The highest BCUT2D eigenvalue weighted by atomic mass is 19.1. The molecule has 132 valence electrons. The predicted molar refractivity (Wildman–Crippen MR) is 95.2 cm³/mol. The number of halogens is 1. The van der Waals surface area contributed by atoms with Gasteiger partial charge in [-0.2, -0.15) is 0 Å². The van der Waals surface area contributed by atoms with Crippen molar-refractivity contribution in [2.75, 3.05) is 13.2 Å². The van der Waals surface area contributed by atoms with E-state index in [1.54, 1.807) is 13.0 Å². The van der Waals surface area contributed by atoms with Crippen LogP contribution in [0.3, 0.4) is 0 Å². The first kappa shape index (κ1) is 17.3. The minimum atomic E-state index is -0.290. The fraction of sp³-hybridized carbons (Fsp3) is 0.619. The summed E-state index contributed by atoms with van der Waals surface area (Å²) in [7, 11) is 0. The van der Waals surface area contributed by atoms with Crippen molar-refractivity contribution >= 4 is 0 Å². The van der Waals surface area contributed by atoms with Crippen LogP contribution in [-0.4, -0.2) is 13.2 Å². The quantitative estimate of drug-likeness (QED) is 0.558. The van der Waals surface area contributed by atoms with Gasteiger partial charge in [-0.1, -0.05) is 44.3 Å². The summed E-state index contributed by atoms with van der Waals surface area (Å²) in [6.07, 6.45) is 14.5. The van der Waals surface area contributed by atoms with Gasteiger partial charge in [0.25, 0.3) is 0 Å². The second kappa shape index (κ2) is 8.55. The molecule has 1 aromatic rings. The molecule has 0 bridgehead atoms. The summed E-state index contributed by atoms with van der Waals surface area (Å²) in [5.74, 6) is 2.15. The smallest absolute Gasteiger partial charge is 0.171 e. The number of hydrogen-bond acceptors (Lipinski definition) is 2. The number of hydrogen-bond donors (Lipinski definition) is 0. The molecule has 0 aliphatic heterocycles. The summed E-state index contributed by atoms with van der Waals surface area (Å²) in [6.45, 7) is 2.86. The summed E-state index contributed by atoms with van der Waals surface area (Å²) >= 11 is 0. The Balaban J connectivity index is 1.47. The van der Waals surface area contributed by atoms with Crippen LogP contribution in [0.2, 0.25) is 0 Å². The van der Waals surface area contributed by atoms with E-state index in [0.717, 1.165) is 18.3 Å². The Kier molecular flexibility index (Phi) is 6.17. The average Bonchev–Trinajstić information content (AvgIpc) is 3.04. The third-order valence-electron chi connectivity index (χ3n) is 5.45. The van der Waals surface area contributed by atoms with Crippen molar-refractivity contribution in [1.82, 2.24) is 0 Å². The van der Waals surface area contributed by atoms with Crippen LogP contribution in [0.4, 0.5) is 4.39 Å². The number of allylic oxidation sites excluding steroid dienone is 1. The zero-order chi connectivity index (χ0) is 16.8. The third-order valence-corrected chi connectivity index (χ3v) is 5.45. The largest absolute Gasteiger partial charge is 0.490 e. The minimum Gasteiger partial charge on any atom is -0.490 e. The summed E-state index contributed by atoms with van der Waals surface area (Å²) < 4.78 is 25.8. The van der Waals surface area contributed by atoms with Crippen molar-refractivity contribution in [2.24, 2.45) is 11.8 Å². The van der Waals surface area contributed by atoms with Crippen molar-refractivity contribution in [3.63, 3.8) is 0 Å². The molecule has 0 saturated heterocycles. The topological polar surface area (TPSA) is 18.5 Å². The van der Waals surface area contributed by atoms with E-state index >= 15 is 0 Å². The van der Waals surface area contributed by atoms with Gasteiger partial charge in [0, 0.05) is 5.56 Å². The van der Waals surface area contributed by atoms with Crippen LogP contribution in [-0.2, 0) is 0 Å². The lowest BCUT2D eigenvalue weighted by Gasteiger charge is -2.21. The van der Waals surface area contributed by atoms with Gasteiger partial charge in [0.05, 0.1) is 6.61 Å². The van der Waals surface area contributed by atoms with E-state index in [4.69, 9.17) is 9.47 Å². The van der Waals surface area contributed by atoms with Crippen molar-refractivity contribution < 1.29 is 13.9 Å². The van der Waals surface area contributed by atoms with Crippen LogP contribution in [0.1, 0.15) is 56.9 Å². The molecular weight excluding hydrogens is 303 g/mol. The van der Waals surface area contributed by atoms with E-state index in [1.807, 2.05) is 12.1 Å². The molecular formula is C21H29FO2. The molecule has 3 heteroatoms. The molecule has 0 amide bonds. The maximum Gasteiger partial charge on any atom is 0.171 e. The molecule has 24 heavy (non-hydrogen) atoms. The van der Waals surface area contributed by atoms with E-state index in [-0.39, 0.29) is 5.82 Å². The highest BCUT2D eigenvalue weighted by molar-refractivity contribution is 5.41. The fourth-order valence-electron chi connectivity index (χ4n) is 3.56. The Morgan fingerprint density at radius 1 is 1.04 bits per heavy atom. The Labute approximate surface area is 145 Å². The summed E-state index contributed by atoms with van der Waals surface area (Å²) in [6, 6.07) is 3.52. The molecule has 2 fully saturated rings. The monoisotopic (exact) mass is 332 g/mol. The Hall–Kier alpha value is -1.51. The molecule has 0 spiro atoms. The van der Waals surface area contributed by atoms with Crippen LogP contribution >= 0.6 is 0 Å². The van der Waals surface area contributed by atoms with Gasteiger partial charge in [0.2, 0.25) is 0 Å². The van der Waals surface area contributed by atoms with Crippen molar-refractivity contribution in [2.45, 2.75) is 58.3 Å². The lowest BCUT2D eigenvalue weighted by Crippen LogP contribution is -2.08. The molecule has 0 aromatic heterocycles. The van der Waals surface area contributed by atoms with Crippen molar-refractivity contribution in [3.05, 3.63) is 35.7 Å². The maximum absolute atomic E-state index is 14.4. The molecule has 0 N–H and O–H groups in total. The Bertz CT molecular complexity index is 557. The molecule has 0 radical (unpaired) electrons. The Morgan fingerprint density at radius 2 is 1.79 bits per heavy atom. The van der Waals surface area contributed by atoms with Crippen LogP contribution in [0.5, 0.6) is 11.5 Å². The molecule has 2 saturated carbocycles. The van der Waals surface area contributed by atoms with E-state index < -0.39 is 0 Å². The van der Waals surface area contributed by atoms with Gasteiger partial charge in [-0.15, -0.1) is 0 Å². The summed E-state index contributed by atoms with van der Waals surface area (Å²) in [4.78, 5) is 0. The van der Waals surface area contributed by atoms with Crippen LogP contribution in [0, 0.1) is 24.6 Å². The van der Waals surface area contributed by atoms with Crippen LogP contribution < -0.4 is 9.47 Å². The minimum absolute atomic E-state index is 0.290. The van der Waals surface area contributed by atoms with Gasteiger partial charge < -0.3 is 9.47 Å². The molecule has 0 unspecified atom stereocenters. The highest BCUT2D eigenvalue weighted by Crippen LogP contribution is 2.31. The van der Waals surface area contributed by atoms with Gasteiger partial charge in [-0.3, -0.25) is 0 Å². The van der Waals surface area contributed by atoms with Gasteiger partial charge in [0.1, 0.15) is 12.4 Å². The van der Waals surface area contributed by atoms with E-state index in [2.05, 4.69) is 6.08 Å². The summed E-state index contributed by atoms with van der Waals surface area (Å²) in [5.41, 5.74) is 0.533. The van der Waals surface area contributed by atoms with Crippen molar-refractivity contribution in [1.29, 1.82) is 0 Å². The molecule has 3 rings (SSSR count). The number of rotatable bonds is 8. The molecule has 0 atom stereocenters. The Morgan fingerprint density at radius 3 is 2.50 bits per heavy atom. The third kappa shape index (κ3) is 4.52. The average molecular weight is 332 g/mol. The van der Waals surface area contributed by atoms with E-state index in [9.17, 15) is 4.39 Å². The second-order valence-electron chi connectivity index (χ2n) is 7.22. The maximum atomic E-state index is 14.4. The lowest BCUT2D eigenvalue weighted by molar-refractivity contribution is 0.265. The molecule has 2 aliphatic carbocycles. The predicted octanol–water partition coefficient (Wildman–Crippen LogP) is 5.83. The molecule has 0 heterocycles. The van der Waals surface area contributed by atoms with E-state index in [0.29, 0.717) is 30.3 Å². The second-order valence-corrected chi connectivity index (χ2v) is 7.22.